The third kappa shape index (κ3) is 4.39. The molecule has 1 aromatic carbocycles. The molecule has 2 heterocycles. The van der Waals surface area contributed by atoms with E-state index in [1.165, 1.54) is 10.1 Å². The molecule has 3 aromatic rings. The van der Waals surface area contributed by atoms with Crippen molar-refractivity contribution in [3.8, 4) is 10.6 Å². The van der Waals surface area contributed by atoms with Crippen molar-refractivity contribution in [1.29, 1.82) is 0 Å². The lowest BCUT2D eigenvalue weighted by molar-refractivity contribution is -0.192. The number of hydrogen-bond donors (Lipinski definition) is 2. The van der Waals surface area contributed by atoms with Gasteiger partial charge >= 0.3 is 12.1 Å². The smallest absolute Gasteiger partial charge is 0.475 e. The predicted octanol–water partition coefficient (Wildman–Crippen LogP) is 3.57. The fourth-order valence-corrected chi connectivity index (χ4v) is 2.65. The highest BCUT2D eigenvalue weighted by atomic mass is 32.1. The molecule has 0 amide bonds. The molecule has 5 nitrogen and oxygen atoms in total. The van der Waals surface area contributed by atoms with Gasteiger partial charge in [-0.1, -0.05) is 18.2 Å². The summed E-state index contributed by atoms with van der Waals surface area (Å²) >= 11 is 1.71. The summed E-state index contributed by atoms with van der Waals surface area (Å²) in [5.74, 6) is -2.44. The molecule has 0 aliphatic rings. The van der Waals surface area contributed by atoms with Crippen LogP contribution < -0.4 is 5.73 Å². The van der Waals surface area contributed by atoms with Crippen molar-refractivity contribution >= 4 is 33.3 Å². The maximum absolute atomic E-state index is 10.6. The molecule has 0 aliphatic carbocycles. The molecule has 3 rings (SSSR count). The number of aliphatic carboxylic acids is 1. The lowest BCUT2D eigenvalue weighted by atomic mass is 10.2. The highest BCUT2D eigenvalue weighted by molar-refractivity contribution is 7.22. The molecule has 0 aliphatic heterocycles. The van der Waals surface area contributed by atoms with Crippen LogP contribution >= 0.6 is 11.3 Å². The molecule has 120 valence electrons. The number of benzene rings is 1. The second kappa shape index (κ2) is 6.61. The van der Waals surface area contributed by atoms with E-state index >= 15 is 0 Å². The minimum atomic E-state index is -5.08. The summed E-state index contributed by atoms with van der Waals surface area (Å²) in [6.45, 7) is 0. The molecular formula is C14H10F3N3O2S. The summed E-state index contributed by atoms with van der Waals surface area (Å²) in [7, 11) is 0. The van der Waals surface area contributed by atoms with Crippen molar-refractivity contribution in [1.82, 2.24) is 9.97 Å². The Morgan fingerprint density at radius 2 is 1.87 bits per heavy atom. The number of nitrogens with zero attached hydrogens (tertiary/aromatic N) is 2. The van der Waals surface area contributed by atoms with Crippen LogP contribution in [0.1, 0.15) is 0 Å². The van der Waals surface area contributed by atoms with Crippen LogP contribution in [-0.4, -0.2) is 27.2 Å². The fourth-order valence-electron chi connectivity index (χ4n) is 1.62. The third-order valence-electron chi connectivity index (χ3n) is 2.59. The van der Waals surface area contributed by atoms with E-state index in [9.17, 15) is 13.2 Å². The zero-order chi connectivity index (χ0) is 17.0. The van der Waals surface area contributed by atoms with E-state index in [1.807, 2.05) is 18.2 Å². The van der Waals surface area contributed by atoms with Gasteiger partial charge < -0.3 is 10.8 Å². The number of anilines is 1. The van der Waals surface area contributed by atoms with Gasteiger partial charge in [0.2, 0.25) is 5.95 Å². The van der Waals surface area contributed by atoms with Gasteiger partial charge in [0, 0.05) is 10.9 Å². The maximum Gasteiger partial charge on any atom is 0.490 e. The lowest BCUT2D eigenvalue weighted by Crippen LogP contribution is -2.21. The largest absolute Gasteiger partial charge is 0.490 e. The Hall–Kier alpha value is -2.68. The molecule has 0 spiro atoms. The molecule has 0 fully saturated rings. The van der Waals surface area contributed by atoms with Gasteiger partial charge in [0.25, 0.3) is 0 Å². The Bertz CT molecular complexity index is 800. The molecule has 0 unspecified atom stereocenters. The van der Waals surface area contributed by atoms with Crippen molar-refractivity contribution in [2.24, 2.45) is 0 Å². The van der Waals surface area contributed by atoms with Crippen LogP contribution in [0.2, 0.25) is 0 Å². The highest BCUT2D eigenvalue weighted by Crippen LogP contribution is 2.32. The lowest BCUT2D eigenvalue weighted by Gasteiger charge is -1.95. The SMILES string of the molecule is Nc1nccc(-c2cc3ccccc3s2)n1.O=C(O)C(F)(F)F. The Morgan fingerprint density at radius 1 is 1.22 bits per heavy atom. The summed E-state index contributed by atoms with van der Waals surface area (Å²) in [5, 5.41) is 8.36. The zero-order valence-electron chi connectivity index (χ0n) is 11.4. The standard InChI is InChI=1S/C12H9N3S.C2HF3O2/c13-12-14-6-5-9(15-12)11-7-8-3-1-2-4-10(8)16-11;3-2(4,5)1(6)7/h1-7H,(H2,13,14,15);(H,6,7). The molecule has 0 atom stereocenters. The Balaban J connectivity index is 0.000000236. The number of hydrogen-bond acceptors (Lipinski definition) is 5. The number of rotatable bonds is 1. The first-order valence-corrected chi connectivity index (χ1v) is 6.96. The maximum atomic E-state index is 10.6. The van der Waals surface area contributed by atoms with Crippen LogP contribution in [0.3, 0.4) is 0 Å². The normalized spacial score (nSPS) is 10.9. The minimum absolute atomic E-state index is 0.315. The van der Waals surface area contributed by atoms with Crippen LogP contribution in [0.4, 0.5) is 19.1 Å². The topological polar surface area (TPSA) is 89.1 Å². The van der Waals surface area contributed by atoms with Gasteiger partial charge in [-0.2, -0.15) is 13.2 Å². The van der Waals surface area contributed by atoms with Gasteiger partial charge in [0.05, 0.1) is 10.6 Å². The van der Waals surface area contributed by atoms with Crippen molar-refractivity contribution in [3.63, 3.8) is 0 Å². The van der Waals surface area contributed by atoms with Crippen LogP contribution in [-0.2, 0) is 4.79 Å². The first-order chi connectivity index (χ1) is 10.8. The van der Waals surface area contributed by atoms with Gasteiger partial charge in [-0.25, -0.2) is 14.8 Å². The molecule has 3 N–H and O–H groups in total. The number of halogens is 3. The fraction of sp³-hybridized carbons (Fsp3) is 0.0714. The van der Waals surface area contributed by atoms with E-state index in [1.54, 1.807) is 17.5 Å². The minimum Gasteiger partial charge on any atom is -0.475 e. The number of alkyl halides is 3. The van der Waals surface area contributed by atoms with Gasteiger partial charge in [-0.15, -0.1) is 11.3 Å². The number of aromatic nitrogens is 2. The first-order valence-electron chi connectivity index (χ1n) is 6.15. The predicted molar refractivity (Wildman–Crippen MR) is 81.0 cm³/mol. The number of nitrogens with two attached hydrogens (primary N) is 1. The molecular weight excluding hydrogens is 331 g/mol. The van der Waals surface area contributed by atoms with Crippen molar-refractivity contribution in [3.05, 3.63) is 42.6 Å². The molecule has 2 aromatic heterocycles. The average molecular weight is 341 g/mol. The quantitative estimate of drug-likeness (QED) is 0.706. The number of carboxylic acids is 1. The molecule has 0 bridgehead atoms. The van der Waals surface area contributed by atoms with Crippen LogP contribution in [0.15, 0.2) is 42.6 Å². The third-order valence-corrected chi connectivity index (χ3v) is 3.73. The van der Waals surface area contributed by atoms with Crippen molar-refractivity contribution < 1.29 is 23.1 Å². The van der Waals surface area contributed by atoms with Crippen LogP contribution in [0.25, 0.3) is 20.7 Å². The number of nitrogen functional groups attached to an aromatic ring is 1. The number of fused-ring (bicyclic) bond motifs is 1. The molecule has 0 saturated heterocycles. The van der Waals surface area contributed by atoms with Gasteiger partial charge in [0.15, 0.2) is 0 Å². The summed E-state index contributed by atoms with van der Waals surface area (Å²) < 4.78 is 33.0. The first kappa shape index (κ1) is 16.7. The second-order valence-electron chi connectivity index (χ2n) is 4.25. The number of thiophene rings is 1. The monoisotopic (exact) mass is 341 g/mol. The Kier molecular flexibility index (Phi) is 4.80. The zero-order valence-corrected chi connectivity index (χ0v) is 12.2. The Labute approximate surface area is 132 Å². The molecule has 0 radical (unpaired) electrons. The van der Waals surface area contributed by atoms with Crippen molar-refractivity contribution in [2.45, 2.75) is 6.18 Å². The average Bonchev–Trinajstić information content (AvgIpc) is 2.91. The molecule has 0 saturated carbocycles. The Morgan fingerprint density at radius 3 is 2.43 bits per heavy atom. The molecule has 23 heavy (non-hydrogen) atoms. The highest BCUT2D eigenvalue weighted by Gasteiger charge is 2.38. The second-order valence-corrected chi connectivity index (χ2v) is 5.34. The van der Waals surface area contributed by atoms with E-state index in [-0.39, 0.29) is 0 Å². The van der Waals surface area contributed by atoms with E-state index in [2.05, 4.69) is 28.2 Å². The van der Waals surface area contributed by atoms with E-state index in [4.69, 9.17) is 15.6 Å². The van der Waals surface area contributed by atoms with E-state index in [0.717, 1.165) is 10.6 Å². The van der Waals surface area contributed by atoms with Gasteiger partial charge in [0.1, 0.15) is 0 Å². The summed E-state index contributed by atoms with van der Waals surface area (Å²) in [5.41, 5.74) is 6.46. The van der Waals surface area contributed by atoms with Crippen LogP contribution in [0, 0.1) is 0 Å². The van der Waals surface area contributed by atoms with E-state index < -0.39 is 12.1 Å². The number of carboxylic acid groups (broad SMARTS) is 1. The number of carbonyl (C=O) groups is 1. The molecule has 9 heteroatoms. The summed E-state index contributed by atoms with van der Waals surface area (Å²) in [6, 6.07) is 12.3. The van der Waals surface area contributed by atoms with Gasteiger partial charge in [-0.05, 0) is 23.6 Å². The van der Waals surface area contributed by atoms with Crippen molar-refractivity contribution in [2.75, 3.05) is 5.73 Å². The van der Waals surface area contributed by atoms with E-state index in [0.29, 0.717) is 5.95 Å². The van der Waals surface area contributed by atoms with Crippen LogP contribution in [0.5, 0.6) is 0 Å². The summed E-state index contributed by atoms with van der Waals surface area (Å²) in [6.07, 6.45) is -3.40. The van der Waals surface area contributed by atoms with Gasteiger partial charge in [-0.3, -0.25) is 0 Å². The summed E-state index contributed by atoms with van der Waals surface area (Å²) in [4.78, 5) is 18.1.